The molecule has 0 radical (unpaired) electrons. The second-order valence-electron chi connectivity index (χ2n) is 5.59. The van der Waals surface area contributed by atoms with Gasteiger partial charge < -0.3 is 15.0 Å². The lowest BCUT2D eigenvalue weighted by Gasteiger charge is -2.07. The molecule has 1 atom stereocenters. The topological polar surface area (TPSA) is 37.2 Å². The summed E-state index contributed by atoms with van der Waals surface area (Å²) in [6.45, 7) is 6.36. The maximum Gasteiger partial charge on any atom is 0.0636 e. The van der Waals surface area contributed by atoms with Gasteiger partial charge in [-0.25, -0.2) is 0 Å². The highest BCUT2D eigenvalue weighted by Gasteiger charge is 2.09. The maximum atomic E-state index is 9.31. The Bertz CT molecular complexity index is 764. The van der Waals surface area contributed by atoms with Crippen LogP contribution in [0.25, 0.3) is 21.8 Å². The second kappa shape index (κ2) is 7.14. The molecule has 3 rings (SSSR count). The summed E-state index contributed by atoms with van der Waals surface area (Å²) in [6.07, 6.45) is -0.310. The van der Waals surface area contributed by atoms with Crippen LogP contribution in [0.2, 0.25) is 0 Å². The van der Waals surface area contributed by atoms with Crippen molar-refractivity contribution in [2.45, 2.75) is 33.0 Å². The first-order valence-electron chi connectivity index (χ1n) is 7.59. The lowest BCUT2D eigenvalue weighted by atomic mass is 10.1. The predicted octanol–water partition coefficient (Wildman–Crippen LogP) is 3.71. The lowest BCUT2D eigenvalue weighted by molar-refractivity contribution is 0.191. The van der Waals surface area contributed by atoms with Crippen LogP contribution in [0.15, 0.2) is 42.5 Å². The fourth-order valence-electron chi connectivity index (χ4n) is 2.98. The zero-order valence-corrected chi connectivity index (χ0v) is 13.9. The molecule has 0 saturated heterocycles. The highest BCUT2D eigenvalue weighted by molar-refractivity contribution is 6.08. The first kappa shape index (κ1) is 16.8. The fraction of sp³-hybridized carbons (Fsp3) is 0.333. The summed E-state index contributed by atoms with van der Waals surface area (Å²) < 4.78 is 2.36. The van der Waals surface area contributed by atoms with E-state index in [-0.39, 0.29) is 18.5 Å². The zero-order valence-electron chi connectivity index (χ0n) is 13.0. The van der Waals surface area contributed by atoms with Crippen LogP contribution in [0.1, 0.15) is 19.4 Å². The molecule has 0 amide bonds. The molecule has 0 spiro atoms. The average Bonchev–Trinajstić information content (AvgIpc) is 2.80. The molecular weight excluding hydrogens is 296 g/mol. The van der Waals surface area contributed by atoms with E-state index in [9.17, 15) is 5.11 Å². The minimum Gasteiger partial charge on any atom is -0.392 e. The van der Waals surface area contributed by atoms with Crippen LogP contribution in [-0.2, 0) is 13.1 Å². The van der Waals surface area contributed by atoms with Gasteiger partial charge in [-0.15, -0.1) is 12.4 Å². The first-order chi connectivity index (χ1) is 10.2. The molecule has 1 heterocycles. The molecule has 0 aliphatic heterocycles. The van der Waals surface area contributed by atoms with Crippen molar-refractivity contribution in [3.63, 3.8) is 0 Å². The van der Waals surface area contributed by atoms with Gasteiger partial charge in [0.05, 0.1) is 6.10 Å². The van der Waals surface area contributed by atoms with Gasteiger partial charge in [0.25, 0.3) is 0 Å². The van der Waals surface area contributed by atoms with Crippen LogP contribution < -0.4 is 5.32 Å². The van der Waals surface area contributed by atoms with Crippen LogP contribution in [0.5, 0.6) is 0 Å². The number of benzene rings is 2. The number of hydrogen-bond donors (Lipinski definition) is 2. The smallest absolute Gasteiger partial charge is 0.0636 e. The second-order valence-corrected chi connectivity index (χ2v) is 5.59. The Kier molecular flexibility index (Phi) is 5.46. The van der Waals surface area contributed by atoms with Crippen LogP contribution in [0.3, 0.4) is 0 Å². The van der Waals surface area contributed by atoms with Gasteiger partial charge in [0.2, 0.25) is 0 Å². The monoisotopic (exact) mass is 318 g/mol. The normalized spacial score (nSPS) is 12.5. The molecule has 2 N–H and O–H groups in total. The van der Waals surface area contributed by atoms with Crippen LogP contribution >= 0.6 is 12.4 Å². The van der Waals surface area contributed by atoms with Crippen molar-refractivity contribution < 1.29 is 5.11 Å². The highest BCUT2D eigenvalue weighted by atomic mass is 35.5. The number of aromatic nitrogens is 1. The Morgan fingerprint density at radius 1 is 1.09 bits per heavy atom. The first-order valence-corrected chi connectivity index (χ1v) is 7.59. The van der Waals surface area contributed by atoms with Gasteiger partial charge >= 0.3 is 0 Å². The molecule has 0 saturated carbocycles. The minimum atomic E-state index is -0.310. The quantitative estimate of drug-likeness (QED) is 0.752. The van der Waals surface area contributed by atoms with Crippen molar-refractivity contribution in [2.75, 3.05) is 6.54 Å². The molecule has 3 nitrogen and oxygen atoms in total. The van der Waals surface area contributed by atoms with Gasteiger partial charge in [-0.3, -0.25) is 0 Å². The van der Waals surface area contributed by atoms with Crippen molar-refractivity contribution in [2.24, 2.45) is 0 Å². The van der Waals surface area contributed by atoms with E-state index in [0.29, 0.717) is 6.54 Å². The molecule has 1 unspecified atom stereocenters. The molecule has 4 heteroatoms. The molecular formula is C18H23ClN2O. The molecule has 2 aromatic carbocycles. The van der Waals surface area contributed by atoms with E-state index in [1.165, 1.54) is 27.4 Å². The van der Waals surface area contributed by atoms with Crippen molar-refractivity contribution in [1.29, 1.82) is 0 Å². The van der Waals surface area contributed by atoms with Crippen LogP contribution in [0, 0.1) is 0 Å². The van der Waals surface area contributed by atoms with Gasteiger partial charge in [0.1, 0.15) is 0 Å². The van der Waals surface area contributed by atoms with Gasteiger partial charge in [-0.1, -0.05) is 24.3 Å². The van der Waals surface area contributed by atoms with E-state index in [4.69, 9.17) is 0 Å². The number of aryl methyl sites for hydroxylation is 1. The summed E-state index contributed by atoms with van der Waals surface area (Å²) >= 11 is 0. The van der Waals surface area contributed by atoms with Crippen molar-refractivity contribution in [3.8, 4) is 0 Å². The summed E-state index contributed by atoms with van der Waals surface area (Å²) in [4.78, 5) is 0. The fourth-order valence-corrected chi connectivity index (χ4v) is 2.98. The Morgan fingerprint density at radius 3 is 2.55 bits per heavy atom. The SMILES string of the molecule is CCn1c2ccccc2c2cc(CNCC(C)O)ccc21.Cl. The van der Waals surface area contributed by atoms with E-state index in [0.717, 1.165) is 13.1 Å². The number of nitrogens with one attached hydrogen (secondary N) is 1. The number of halogens is 1. The minimum absolute atomic E-state index is 0. The van der Waals surface area contributed by atoms with E-state index in [2.05, 4.69) is 59.3 Å². The third-order valence-corrected chi connectivity index (χ3v) is 3.92. The summed E-state index contributed by atoms with van der Waals surface area (Å²) in [5, 5.41) is 15.2. The highest BCUT2D eigenvalue weighted by Crippen LogP contribution is 2.29. The molecule has 22 heavy (non-hydrogen) atoms. The Labute approximate surface area is 137 Å². The predicted molar refractivity (Wildman–Crippen MR) is 95.8 cm³/mol. The van der Waals surface area contributed by atoms with E-state index >= 15 is 0 Å². The summed E-state index contributed by atoms with van der Waals surface area (Å²) in [5.41, 5.74) is 3.84. The van der Waals surface area contributed by atoms with Gasteiger partial charge in [0, 0.05) is 41.4 Å². The summed E-state index contributed by atoms with van der Waals surface area (Å²) in [7, 11) is 0. The number of aliphatic hydroxyl groups excluding tert-OH is 1. The zero-order chi connectivity index (χ0) is 14.8. The third-order valence-electron chi connectivity index (χ3n) is 3.92. The molecule has 0 aliphatic carbocycles. The van der Waals surface area contributed by atoms with Crippen molar-refractivity contribution >= 4 is 34.2 Å². The Balaban J connectivity index is 0.00000176. The van der Waals surface area contributed by atoms with Gasteiger partial charge in [-0.2, -0.15) is 0 Å². The number of aliphatic hydroxyl groups is 1. The third kappa shape index (κ3) is 3.12. The number of nitrogens with zero attached hydrogens (tertiary/aromatic N) is 1. The molecule has 0 aliphatic rings. The van der Waals surface area contributed by atoms with Crippen LogP contribution in [-0.4, -0.2) is 22.3 Å². The summed E-state index contributed by atoms with van der Waals surface area (Å²) in [6, 6.07) is 15.2. The molecule has 118 valence electrons. The standard InChI is InChI=1S/C18H22N2O.ClH/c1-3-20-17-7-5-4-6-15(17)16-10-14(8-9-18(16)20)12-19-11-13(2)21;/h4-10,13,19,21H,3,11-12H2,1-2H3;1H. The van der Waals surface area contributed by atoms with E-state index in [1.807, 2.05) is 0 Å². The lowest BCUT2D eigenvalue weighted by Crippen LogP contribution is -2.23. The Morgan fingerprint density at radius 2 is 1.82 bits per heavy atom. The molecule has 0 fully saturated rings. The largest absolute Gasteiger partial charge is 0.392 e. The molecule has 0 bridgehead atoms. The Hall–Kier alpha value is -1.55. The van der Waals surface area contributed by atoms with E-state index in [1.54, 1.807) is 6.92 Å². The van der Waals surface area contributed by atoms with Gasteiger partial charge in [-0.05, 0) is 37.6 Å². The van der Waals surface area contributed by atoms with Gasteiger partial charge in [0.15, 0.2) is 0 Å². The summed E-state index contributed by atoms with van der Waals surface area (Å²) in [5.74, 6) is 0. The van der Waals surface area contributed by atoms with Crippen molar-refractivity contribution in [3.05, 3.63) is 48.0 Å². The number of fused-ring (bicyclic) bond motifs is 3. The number of hydrogen-bond acceptors (Lipinski definition) is 2. The number of rotatable bonds is 5. The number of para-hydroxylation sites is 1. The maximum absolute atomic E-state index is 9.31. The van der Waals surface area contributed by atoms with Crippen LogP contribution in [0.4, 0.5) is 0 Å². The van der Waals surface area contributed by atoms with E-state index < -0.39 is 0 Å². The van der Waals surface area contributed by atoms with Crippen molar-refractivity contribution in [1.82, 2.24) is 9.88 Å². The molecule has 3 aromatic rings. The average molecular weight is 319 g/mol. The molecule has 1 aromatic heterocycles.